The lowest BCUT2D eigenvalue weighted by molar-refractivity contribution is -0.870. The second-order valence-corrected chi connectivity index (χ2v) is 13.4. The highest BCUT2D eigenvalue weighted by Crippen LogP contribution is 2.43. The third-order valence-corrected chi connectivity index (χ3v) is 7.84. The van der Waals surface area contributed by atoms with Crippen molar-refractivity contribution in [3.8, 4) is 0 Å². The van der Waals surface area contributed by atoms with Gasteiger partial charge in [-0.1, -0.05) is 77.0 Å². The lowest BCUT2D eigenvalue weighted by Gasteiger charge is -2.26. The molecule has 0 amide bonds. The van der Waals surface area contributed by atoms with Gasteiger partial charge in [0.2, 0.25) is 0 Å². The smallest absolute Gasteiger partial charge is 0.472 e. The number of quaternary nitrogens is 1. The number of unbranched alkanes of at least 4 members (excludes halogenated alkanes) is 13. The summed E-state index contributed by atoms with van der Waals surface area (Å²) in [6.07, 6.45) is 14.2. The van der Waals surface area contributed by atoms with E-state index in [1.54, 1.807) is 0 Å². The van der Waals surface area contributed by atoms with Crippen molar-refractivity contribution in [3.63, 3.8) is 0 Å². The van der Waals surface area contributed by atoms with Gasteiger partial charge in [-0.3, -0.25) is 18.6 Å². The number of hydrogen-bond acceptors (Lipinski definition) is 7. The van der Waals surface area contributed by atoms with Crippen LogP contribution in [-0.4, -0.2) is 96.4 Å². The molecule has 3 atom stereocenters. The SMILES string of the molecule is C[N+](C)(C)CCOP(=O)(O)OC[C@H](OCCCCC(=O)O)[C@H](O)CCCCCCCCCCCCCCCC(=O)O. The van der Waals surface area contributed by atoms with Crippen LogP contribution in [-0.2, 0) is 27.9 Å². The molecule has 0 aliphatic rings. The van der Waals surface area contributed by atoms with Crippen molar-refractivity contribution in [2.45, 2.75) is 128 Å². The molecule has 0 aliphatic carbocycles. The average molecular weight is 613 g/mol. The molecule has 0 aliphatic heterocycles. The zero-order valence-corrected chi connectivity index (χ0v) is 26.7. The number of likely N-dealkylation sites (N-methyl/N-ethyl adjacent to an activating group) is 1. The Morgan fingerprint density at radius 1 is 0.683 bits per heavy atom. The number of rotatable bonds is 30. The quantitative estimate of drug-likeness (QED) is 0.0446. The molecule has 0 heterocycles. The Morgan fingerprint density at radius 3 is 1.59 bits per heavy atom. The van der Waals surface area contributed by atoms with E-state index in [2.05, 4.69) is 0 Å². The van der Waals surface area contributed by atoms with Crippen LogP contribution in [0, 0.1) is 0 Å². The van der Waals surface area contributed by atoms with Crippen LogP contribution in [0.3, 0.4) is 0 Å². The zero-order valence-electron chi connectivity index (χ0n) is 25.8. The minimum atomic E-state index is -4.29. The Morgan fingerprint density at radius 2 is 1.12 bits per heavy atom. The number of carbonyl (C=O) groups is 2. The largest absolute Gasteiger partial charge is 0.481 e. The highest BCUT2D eigenvalue weighted by atomic mass is 31.2. The zero-order chi connectivity index (χ0) is 31.0. The van der Waals surface area contributed by atoms with E-state index in [4.69, 9.17) is 24.0 Å². The van der Waals surface area contributed by atoms with Gasteiger partial charge in [-0.05, 0) is 25.7 Å². The van der Waals surface area contributed by atoms with Gasteiger partial charge in [0.05, 0.1) is 33.9 Å². The van der Waals surface area contributed by atoms with E-state index in [0.717, 1.165) is 44.9 Å². The standard InChI is InChI=1S/C29H58NO10P/c1-30(2,3)22-24-39-41(36,37)40-25-27(38-23-18-17-21-29(34)35)26(31)19-15-13-11-9-7-5-4-6-8-10-12-14-16-20-28(32)33/h26-27,31H,4-25H2,1-3H3,(H2-,32,33,34,35,36,37)/p+1/t26-,27+/m1/s1. The van der Waals surface area contributed by atoms with E-state index < -0.39 is 32.0 Å². The summed E-state index contributed by atoms with van der Waals surface area (Å²) in [7, 11) is 1.53. The first kappa shape index (κ1) is 39.9. The summed E-state index contributed by atoms with van der Waals surface area (Å²) >= 11 is 0. The molecular formula is C29H59NO10P+. The number of ether oxygens (including phenoxy) is 1. The third-order valence-electron chi connectivity index (χ3n) is 6.86. The van der Waals surface area contributed by atoms with Crippen LogP contribution in [0.4, 0.5) is 0 Å². The van der Waals surface area contributed by atoms with Gasteiger partial charge in [0.15, 0.2) is 0 Å². The molecule has 0 radical (unpaired) electrons. The van der Waals surface area contributed by atoms with Crippen LogP contribution in [0.5, 0.6) is 0 Å². The normalized spacial score (nSPS) is 15.0. The number of phosphoric ester groups is 1. The maximum Gasteiger partial charge on any atom is 0.472 e. The molecule has 0 aromatic carbocycles. The van der Waals surface area contributed by atoms with Gasteiger partial charge in [-0.2, -0.15) is 0 Å². The molecule has 0 fully saturated rings. The van der Waals surface area contributed by atoms with Gasteiger partial charge < -0.3 is 29.4 Å². The lowest BCUT2D eigenvalue weighted by atomic mass is 10.0. The van der Waals surface area contributed by atoms with Crippen molar-refractivity contribution >= 4 is 19.8 Å². The molecule has 0 aromatic rings. The fourth-order valence-electron chi connectivity index (χ4n) is 4.28. The maximum atomic E-state index is 12.3. The molecule has 0 bridgehead atoms. The number of nitrogens with zero attached hydrogens (tertiary/aromatic N) is 1. The second kappa shape index (κ2) is 24.4. The minimum Gasteiger partial charge on any atom is -0.481 e. The number of aliphatic hydroxyl groups excluding tert-OH is 1. The number of hydrogen-bond donors (Lipinski definition) is 4. The molecule has 0 saturated heterocycles. The van der Waals surface area contributed by atoms with Crippen molar-refractivity contribution < 1.29 is 52.6 Å². The number of carboxylic acids is 2. The third kappa shape index (κ3) is 28.8. The topological polar surface area (TPSA) is 160 Å². The van der Waals surface area contributed by atoms with Crippen molar-refractivity contribution in [2.24, 2.45) is 0 Å². The number of aliphatic hydroxyl groups is 1. The summed E-state index contributed by atoms with van der Waals surface area (Å²) in [5, 5.41) is 28.1. The Balaban J connectivity index is 4.17. The Bertz CT molecular complexity index is 716. The molecule has 11 nitrogen and oxygen atoms in total. The minimum absolute atomic E-state index is 0.0369. The fourth-order valence-corrected chi connectivity index (χ4v) is 5.00. The molecule has 0 rings (SSSR count). The van der Waals surface area contributed by atoms with Crippen molar-refractivity contribution in [1.82, 2.24) is 0 Å². The van der Waals surface area contributed by atoms with E-state index in [0.29, 0.717) is 30.3 Å². The molecule has 0 saturated carbocycles. The highest BCUT2D eigenvalue weighted by Gasteiger charge is 2.28. The van der Waals surface area contributed by atoms with E-state index in [-0.39, 0.29) is 32.7 Å². The van der Waals surface area contributed by atoms with Crippen LogP contribution < -0.4 is 0 Å². The molecule has 244 valence electrons. The van der Waals surface area contributed by atoms with Gasteiger partial charge in [0.1, 0.15) is 19.3 Å². The predicted molar refractivity (Wildman–Crippen MR) is 159 cm³/mol. The van der Waals surface area contributed by atoms with Gasteiger partial charge in [-0.15, -0.1) is 0 Å². The summed E-state index contributed by atoms with van der Waals surface area (Å²) in [5.41, 5.74) is 0. The van der Waals surface area contributed by atoms with Gasteiger partial charge >= 0.3 is 19.8 Å². The first-order valence-corrected chi connectivity index (χ1v) is 17.0. The van der Waals surface area contributed by atoms with E-state index in [1.807, 2.05) is 21.1 Å². The monoisotopic (exact) mass is 612 g/mol. The summed E-state index contributed by atoms with van der Waals surface area (Å²) in [5.74, 6) is -1.59. The average Bonchev–Trinajstić information content (AvgIpc) is 2.86. The van der Waals surface area contributed by atoms with Crippen LogP contribution in [0.15, 0.2) is 0 Å². The Labute approximate surface area is 247 Å². The Kier molecular flexibility index (Phi) is 23.7. The molecule has 0 spiro atoms. The fraction of sp³-hybridized carbons (Fsp3) is 0.931. The summed E-state index contributed by atoms with van der Waals surface area (Å²) < 4.78 is 28.8. The Hall–Kier alpha value is -1.07. The number of carboxylic acid groups (broad SMARTS) is 2. The van der Waals surface area contributed by atoms with E-state index in [9.17, 15) is 24.2 Å². The van der Waals surface area contributed by atoms with Gasteiger partial charge in [0.25, 0.3) is 0 Å². The molecule has 41 heavy (non-hydrogen) atoms. The van der Waals surface area contributed by atoms with Gasteiger partial charge in [-0.25, -0.2) is 4.57 Å². The number of phosphoric acid groups is 1. The molecule has 0 aromatic heterocycles. The molecule has 12 heteroatoms. The lowest BCUT2D eigenvalue weighted by Crippen LogP contribution is -2.37. The van der Waals surface area contributed by atoms with Gasteiger partial charge in [0, 0.05) is 19.4 Å². The van der Waals surface area contributed by atoms with Crippen LogP contribution >= 0.6 is 7.82 Å². The first-order chi connectivity index (χ1) is 19.3. The van der Waals surface area contributed by atoms with E-state index >= 15 is 0 Å². The molecular weight excluding hydrogens is 553 g/mol. The van der Waals surface area contributed by atoms with Crippen LogP contribution in [0.1, 0.15) is 116 Å². The van der Waals surface area contributed by atoms with Crippen molar-refractivity contribution in [2.75, 3.05) is 47.5 Å². The summed E-state index contributed by atoms with van der Waals surface area (Å²) in [4.78, 5) is 31.2. The summed E-state index contributed by atoms with van der Waals surface area (Å²) in [6, 6.07) is 0. The van der Waals surface area contributed by atoms with E-state index in [1.165, 1.54) is 38.5 Å². The van der Waals surface area contributed by atoms with Crippen LogP contribution in [0.25, 0.3) is 0 Å². The predicted octanol–water partition coefficient (Wildman–Crippen LogP) is 5.76. The number of aliphatic carboxylic acids is 2. The highest BCUT2D eigenvalue weighted by molar-refractivity contribution is 7.47. The molecule has 1 unspecified atom stereocenters. The van der Waals surface area contributed by atoms with Crippen molar-refractivity contribution in [3.05, 3.63) is 0 Å². The van der Waals surface area contributed by atoms with Crippen molar-refractivity contribution in [1.29, 1.82) is 0 Å². The van der Waals surface area contributed by atoms with Crippen LogP contribution in [0.2, 0.25) is 0 Å². The molecule has 4 N–H and O–H groups in total. The second-order valence-electron chi connectivity index (χ2n) is 12.0. The first-order valence-electron chi connectivity index (χ1n) is 15.5. The summed E-state index contributed by atoms with van der Waals surface area (Å²) in [6.45, 7) is 0.510. The maximum absolute atomic E-state index is 12.3.